The van der Waals surface area contributed by atoms with E-state index >= 15 is 0 Å². The maximum Gasteiger partial charge on any atom is 0.358 e. The van der Waals surface area contributed by atoms with Crippen LogP contribution in [-0.2, 0) is 4.74 Å². The first-order chi connectivity index (χ1) is 6.06. The normalized spacial score (nSPS) is 9.69. The van der Waals surface area contributed by atoms with Crippen molar-refractivity contribution < 1.29 is 14.7 Å². The lowest BCUT2D eigenvalue weighted by atomic mass is 10.3. The van der Waals surface area contributed by atoms with Gasteiger partial charge in [-0.3, -0.25) is 0 Å². The van der Waals surface area contributed by atoms with E-state index in [2.05, 4.69) is 21.9 Å². The standard InChI is InChI=1S/C7H8N2O3S/c1-4-3-5(6(10)12-2)9(11)7(13)8-4/h3,11H,1-2H3. The highest BCUT2D eigenvalue weighted by Crippen LogP contribution is 2.03. The number of esters is 1. The number of ether oxygens (including phenoxy) is 1. The number of carbonyl (C=O) groups is 1. The lowest BCUT2D eigenvalue weighted by molar-refractivity contribution is 0.0540. The molecule has 5 nitrogen and oxygen atoms in total. The van der Waals surface area contributed by atoms with Crippen LogP contribution in [0, 0.1) is 11.7 Å². The van der Waals surface area contributed by atoms with E-state index in [0.29, 0.717) is 10.4 Å². The summed E-state index contributed by atoms with van der Waals surface area (Å²) in [5, 5.41) is 9.27. The highest BCUT2D eigenvalue weighted by molar-refractivity contribution is 7.71. The molecule has 1 aromatic heterocycles. The second kappa shape index (κ2) is 3.53. The predicted octanol–water partition coefficient (Wildman–Crippen LogP) is 0.945. The van der Waals surface area contributed by atoms with Gasteiger partial charge in [-0.25, -0.2) is 9.78 Å². The molecule has 0 aliphatic carbocycles. The highest BCUT2D eigenvalue weighted by atomic mass is 32.1. The average Bonchev–Trinajstić information content (AvgIpc) is 2.10. The van der Waals surface area contributed by atoms with Crippen LogP contribution in [0.15, 0.2) is 6.07 Å². The number of carbonyl (C=O) groups excluding carboxylic acids is 1. The second-order valence-electron chi connectivity index (χ2n) is 2.37. The molecule has 0 atom stereocenters. The topological polar surface area (TPSA) is 64.3 Å². The molecular weight excluding hydrogens is 192 g/mol. The molecule has 0 spiro atoms. The zero-order chi connectivity index (χ0) is 10.0. The molecule has 1 aromatic rings. The Morgan fingerprint density at radius 2 is 2.38 bits per heavy atom. The number of hydrogen-bond acceptors (Lipinski definition) is 5. The Labute approximate surface area is 79.6 Å². The van der Waals surface area contributed by atoms with Gasteiger partial charge >= 0.3 is 5.97 Å². The minimum atomic E-state index is -0.654. The van der Waals surface area contributed by atoms with Crippen molar-refractivity contribution in [2.75, 3.05) is 7.11 Å². The summed E-state index contributed by atoms with van der Waals surface area (Å²) >= 11 is 4.69. The molecule has 0 bridgehead atoms. The molecule has 1 heterocycles. The number of methoxy groups -OCH3 is 1. The highest BCUT2D eigenvalue weighted by Gasteiger charge is 2.11. The zero-order valence-electron chi connectivity index (χ0n) is 7.14. The van der Waals surface area contributed by atoms with E-state index in [1.807, 2.05) is 0 Å². The van der Waals surface area contributed by atoms with E-state index in [1.54, 1.807) is 6.92 Å². The first-order valence-electron chi connectivity index (χ1n) is 3.44. The average molecular weight is 200 g/mol. The Bertz CT molecular complexity index is 399. The third-order valence-corrected chi connectivity index (χ3v) is 1.69. The number of nitrogens with zero attached hydrogens (tertiary/aromatic N) is 2. The summed E-state index contributed by atoms with van der Waals surface area (Å²) in [7, 11) is 1.22. The fraction of sp³-hybridized carbons (Fsp3) is 0.286. The quantitative estimate of drug-likeness (QED) is 0.415. The summed E-state index contributed by atoms with van der Waals surface area (Å²) in [6.45, 7) is 1.67. The van der Waals surface area contributed by atoms with Crippen molar-refractivity contribution >= 4 is 18.2 Å². The van der Waals surface area contributed by atoms with Crippen molar-refractivity contribution in [1.29, 1.82) is 0 Å². The molecule has 1 N–H and O–H groups in total. The molecule has 6 heteroatoms. The monoisotopic (exact) mass is 200 g/mol. The molecule has 0 aromatic carbocycles. The maximum atomic E-state index is 11.1. The van der Waals surface area contributed by atoms with E-state index in [0.717, 1.165) is 0 Å². The number of aromatic nitrogens is 2. The summed E-state index contributed by atoms with van der Waals surface area (Å²) in [6.07, 6.45) is 0. The van der Waals surface area contributed by atoms with Crippen molar-refractivity contribution in [2.45, 2.75) is 6.92 Å². The lowest BCUT2D eigenvalue weighted by Crippen LogP contribution is -2.13. The summed E-state index contributed by atoms with van der Waals surface area (Å²) in [5.41, 5.74) is 0.524. The van der Waals surface area contributed by atoms with Crippen molar-refractivity contribution in [3.05, 3.63) is 22.2 Å². The van der Waals surface area contributed by atoms with E-state index in [1.165, 1.54) is 13.2 Å². The van der Waals surface area contributed by atoms with Gasteiger partial charge in [-0.2, -0.15) is 0 Å². The van der Waals surface area contributed by atoms with Gasteiger partial charge in [-0.05, 0) is 25.2 Å². The maximum absolute atomic E-state index is 11.1. The number of rotatable bonds is 1. The Hall–Kier alpha value is -1.43. The van der Waals surface area contributed by atoms with E-state index in [-0.39, 0.29) is 10.5 Å². The Kier molecular flexibility index (Phi) is 2.62. The molecule has 13 heavy (non-hydrogen) atoms. The molecule has 0 amide bonds. The van der Waals surface area contributed by atoms with Gasteiger partial charge in [-0.1, -0.05) is 0 Å². The van der Waals surface area contributed by atoms with Gasteiger partial charge in [0.15, 0.2) is 5.69 Å². The fourth-order valence-electron chi connectivity index (χ4n) is 0.843. The van der Waals surface area contributed by atoms with Crippen molar-refractivity contribution in [3.8, 4) is 0 Å². The number of hydrogen-bond donors (Lipinski definition) is 1. The minimum absolute atomic E-state index is 0.0278. The van der Waals surface area contributed by atoms with Crippen molar-refractivity contribution in [1.82, 2.24) is 9.71 Å². The van der Waals surface area contributed by atoms with Gasteiger partial charge in [0.2, 0.25) is 4.77 Å². The predicted molar refractivity (Wildman–Crippen MR) is 46.3 cm³/mol. The minimum Gasteiger partial charge on any atom is -0.464 e. The fourth-order valence-corrected chi connectivity index (χ4v) is 1.08. The summed E-state index contributed by atoms with van der Waals surface area (Å²) in [5.74, 6) is -0.654. The first-order valence-corrected chi connectivity index (χ1v) is 3.85. The van der Waals surface area contributed by atoms with Gasteiger partial charge in [-0.15, -0.1) is 4.73 Å². The SMILES string of the molecule is COC(=O)c1cc(C)nc(=S)n1O. The molecule has 0 unspecified atom stereocenters. The largest absolute Gasteiger partial charge is 0.464 e. The molecular formula is C7H8N2O3S. The van der Waals surface area contributed by atoms with Crippen LogP contribution in [0.2, 0.25) is 0 Å². The van der Waals surface area contributed by atoms with Gasteiger partial charge in [0, 0.05) is 5.69 Å². The van der Waals surface area contributed by atoms with Crippen LogP contribution in [0.4, 0.5) is 0 Å². The third kappa shape index (κ3) is 1.83. The second-order valence-corrected chi connectivity index (χ2v) is 2.73. The molecule has 70 valence electrons. The molecule has 0 aliphatic heterocycles. The summed E-state index contributed by atoms with van der Waals surface area (Å²) in [4.78, 5) is 14.8. The van der Waals surface area contributed by atoms with Gasteiger partial charge in [0.25, 0.3) is 0 Å². The van der Waals surface area contributed by atoms with Crippen LogP contribution >= 0.6 is 12.2 Å². The zero-order valence-corrected chi connectivity index (χ0v) is 7.96. The van der Waals surface area contributed by atoms with Crippen molar-refractivity contribution in [2.24, 2.45) is 0 Å². The van der Waals surface area contributed by atoms with E-state index in [9.17, 15) is 10.0 Å². The third-order valence-electron chi connectivity index (χ3n) is 1.42. The van der Waals surface area contributed by atoms with Gasteiger partial charge in [0.05, 0.1) is 7.11 Å². The van der Waals surface area contributed by atoms with E-state index in [4.69, 9.17) is 0 Å². The Morgan fingerprint density at radius 3 is 2.92 bits per heavy atom. The Morgan fingerprint density at radius 1 is 1.77 bits per heavy atom. The molecule has 0 fully saturated rings. The van der Waals surface area contributed by atoms with Crippen LogP contribution in [0.3, 0.4) is 0 Å². The van der Waals surface area contributed by atoms with Crippen LogP contribution in [0.1, 0.15) is 16.2 Å². The lowest BCUT2D eigenvalue weighted by Gasteiger charge is -2.04. The molecule has 0 saturated carbocycles. The smallest absolute Gasteiger partial charge is 0.358 e. The Balaban J connectivity index is 3.37. The van der Waals surface area contributed by atoms with Crippen LogP contribution < -0.4 is 0 Å². The van der Waals surface area contributed by atoms with Gasteiger partial charge in [0.1, 0.15) is 0 Å². The van der Waals surface area contributed by atoms with E-state index < -0.39 is 5.97 Å². The van der Waals surface area contributed by atoms with Crippen LogP contribution in [-0.4, -0.2) is 28.0 Å². The van der Waals surface area contributed by atoms with Gasteiger partial charge < -0.3 is 9.94 Å². The number of aryl methyl sites for hydroxylation is 1. The van der Waals surface area contributed by atoms with Crippen LogP contribution in [0.25, 0.3) is 0 Å². The molecule has 0 saturated heterocycles. The molecule has 0 radical (unpaired) electrons. The summed E-state index contributed by atoms with van der Waals surface area (Å²) < 4.78 is 4.89. The van der Waals surface area contributed by atoms with Crippen LogP contribution in [0.5, 0.6) is 0 Å². The summed E-state index contributed by atoms with van der Waals surface area (Å²) in [6, 6.07) is 1.39. The van der Waals surface area contributed by atoms with Crippen molar-refractivity contribution in [3.63, 3.8) is 0 Å². The molecule has 0 aliphatic rings. The molecule has 1 rings (SSSR count). The first kappa shape index (κ1) is 9.66.